The molecule has 1 aromatic carbocycles. The highest BCUT2D eigenvalue weighted by Crippen LogP contribution is 2.23. The molecule has 0 amide bonds. The van der Waals surface area contributed by atoms with E-state index in [9.17, 15) is 13.2 Å². The number of halogens is 3. The van der Waals surface area contributed by atoms with E-state index in [0.29, 0.717) is 5.69 Å². The van der Waals surface area contributed by atoms with Crippen LogP contribution in [0.25, 0.3) is 0 Å². The predicted molar refractivity (Wildman–Crippen MR) is 46.9 cm³/mol. The molecule has 0 unspecified atom stereocenters. The van der Waals surface area contributed by atoms with Gasteiger partial charge in [0.25, 0.3) is 0 Å². The predicted octanol–water partition coefficient (Wildman–Crippen LogP) is 3.14. The van der Waals surface area contributed by atoms with Gasteiger partial charge in [0, 0.05) is 5.69 Å². The lowest BCUT2D eigenvalue weighted by Crippen LogP contribution is -2.16. The van der Waals surface area contributed by atoms with Gasteiger partial charge >= 0.3 is 6.36 Å². The molecule has 0 atom stereocenters. The number of hydrogen-bond acceptors (Lipinski definition) is 2. The number of anilines is 1. The van der Waals surface area contributed by atoms with Crippen LogP contribution in [0.1, 0.15) is 0 Å². The Morgan fingerprint density at radius 1 is 1.21 bits per heavy atom. The molecule has 0 bridgehead atoms. The molecule has 0 aliphatic rings. The van der Waals surface area contributed by atoms with Crippen LogP contribution in [0.3, 0.4) is 0 Å². The molecule has 0 radical (unpaired) electrons. The van der Waals surface area contributed by atoms with Crippen LogP contribution in [-0.2, 0) is 0 Å². The molecule has 1 aromatic rings. The molecule has 0 saturated carbocycles. The fourth-order valence-electron chi connectivity index (χ4n) is 0.871. The SMILES string of the molecule is C=CNc1ccc(OC(F)(F)F)cc1. The van der Waals surface area contributed by atoms with Crippen LogP contribution in [0.5, 0.6) is 5.75 Å². The zero-order valence-corrected chi connectivity index (χ0v) is 7.14. The first-order valence-corrected chi connectivity index (χ1v) is 3.74. The first-order chi connectivity index (χ1) is 6.51. The molecule has 0 aliphatic heterocycles. The van der Waals surface area contributed by atoms with Gasteiger partial charge < -0.3 is 10.1 Å². The van der Waals surface area contributed by atoms with Gasteiger partial charge in [-0.15, -0.1) is 13.2 Å². The molecule has 2 nitrogen and oxygen atoms in total. The van der Waals surface area contributed by atoms with Gasteiger partial charge in [-0.2, -0.15) is 0 Å². The van der Waals surface area contributed by atoms with E-state index in [0.717, 1.165) is 0 Å². The van der Waals surface area contributed by atoms with E-state index in [-0.39, 0.29) is 5.75 Å². The van der Waals surface area contributed by atoms with Gasteiger partial charge in [0.2, 0.25) is 0 Å². The summed E-state index contributed by atoms with van der Waals surface area (Å²) in [4.78, 5) is 0. The first kappa shape index (κ1) is 10.4. The Morgan fingerprint density at radius 2 is 1.79 bits per heavy atom. The van der Waals surface area contributed by atoms with Crippen LogP contribution in [0.2, 0.25) is 0 Å². The summed E-state index contributed by atoms with van der Waals surface area (Å²) in [6.07, 6.45) is -3.22. The van der Waals surface area contributed by atoms with Crippen LogP contribution in [0, 0.1) is 0 Å². The third kappa shape index (κ3) is 3.38. The molecular formula is C9H8F3NO. The molecule has 76 valence electrons. The second kappa shape index (κ2) is 4.04. The van der Waals surface area contributed by atoms with E-state index in [1.807, 2.05) is 0 Å². The lowest BCUT2D eigenvalue weighted by atomic mass is 10.3. The van der Waals surface area contributed by atoms with Gasteiger partial charge in [-0.25, -0.2) is 0 Å². The summed E-state index contributed by atoms with van der Waals surface area (Å²) >= 11 is 0. The van der Waals surface area contributed by atoms with Crippen molar-refractivity contribution in [3.8, 4) is 5.75 Å². The minimum atomic E-state index is -4.65. The summed E-state index contributed by atoms with van der Waals surface area (Å²) in [7, 11) is 0. The van der Waals surface area contributed by atoms with Gasteiger partial charge in [-0.3, -0.25) is 0 Å². The number of ether oxygens (including phenoxy) is 1. The summed E-state index contributed by atoms with van der Waals surface area (Å²) < 4.78 is 38.9. The Kier molecular flexibility index (Phi) is 3.01. The smallest absolute Gasteiger partial charge is 0.406 e. The van der Waals surface area contributed by atoms with Crippen LogP contribution in [0.4, 0.5) is 18.9 Å². The number of benzene rings is 1. The van der Waals surface area contributed by atoms with Crippen LogP contribution < -0.4 is 10.1 Å². The monoisotopic (exact) mass is 203 g/mol. The molecule has 0 heterocycles. The Morgan fingerprint density at radius 3 is 2.21 bits per heavy atom. The Balaban J connectivity index is 2.68. The molecule has 1 N–H and O–H groups in total. The van der Waals surface area contributed by atoms with E-state index in [1.54, 1.807) is 0 Å². The van der Waals surface area contributed by atoms with Gasteiger partial charge in [0.05, 0.1) is 0 Å². The number of rotatable bonds is 3. The van der Waals surface area contributed by atoms with Crippen molar-refractivity contribution in [3.63, 3.8) is 0 Å². The van der Waals surface area contributed by atoms with Crippen molar-refractivity contribution in [1.29, 1.82) is 0 Å². The van der Waals surface area contributed by atoms with E-state index >= 15 is 0 Å². The van der Waals surface area contributed by atoms with E-state index in [1.165, 1.54) is 30.5 Å². The fourth-order valence-corrected chi connectivity index (χ4v) is 0.871. The van der Waals surface area contributed by atoms with Crippen LogP contribution in [-0.4, -0.2) is 6.36 Å². The lowest BCUT2D eigenvalue weighted by Gasteiger charge is -2.08. The standard InChI is InChI=1S/C9H8F3NO/c1-2-13-7-3-5-8(6-4-7)14-9(10,11)12/h2-6,13H,1H2. The van der Waals surface area contributed by atoms with Crippen LogP contribution >= 0.6 is 0 Å². The highest BCUT2D eigenvalue weighted by atomic mass is 19.4. The van der Waals surface area contributed by atoms with E-state index < -0.39 is 6.36 Å². The van der Waals surface area contributed by atoms with Crippen molar-refractivity contribution >= 4 is 5.69 Å². The fraction of sp³-hybridized carbons (Fsp3) is 0.111. The van der Waals surface area contributed by atoms with Crippen molar-refractivity contribution in [3.05, 3.63) is 37.0 Å². The Labute approximate surface area is 79.0 Å². The summed E-state index contributed by atoms with van der Waals surface area (Å²) in [5.74, 6) is -0.243. The second-order valence-corrected chi connectivity index (χ2v) is 2.42. The molecule has 0 fully saturated rings. The topological polar surface area (TPSA) is 21.3 Å². The largest absolute Gasteiger partial charge is 0.573 e. The van der Waals surface area contributed by atoms with Gasteiger partial charge in [-0.1, -0.05) is 6.58 Å². The van der Waals surface area contributed by atoms with E-state index in [2.05, 4.69) is 16.6 Å². The maximum atomic E-state index is 11.7. The second-order valence-electron chi connectivity index (χ2n) is 2.42. The third-order valence-electron chi connectivity index (χ3n) is 1.36. The maximum Gasteiger partial charge on any atom is 0.573 e. The summed E-state index contributed by atoms with van der Waals surface area (Å²) in [6, 6.07) is 5.37. The molecule has 0 aliphatic carbocycles. The van der Waals surface area contributed by atoms with Crippen LogP contribution in [0.15, 0.2) is 37.0 Å². The summed E-state index contributed by atoms with van der Waals surface area (Å²) in [5, 5.41) is 2.72. The molecular weight excluding hydrogens is 195 g/mol. The quantitative estimate of drug-likeness (QED) is 0.814. The minimum Gasteiger partial charge on any atom is -0.406 e. The lowest BCUT2D eigenvalue weighted by molar-refractivity contribution is -0.274. The molecule has 0 spiro atoms. The van der Waals surface area contributed by atoms with Crippen molar-refractivity contribution in [2.75, 3.05) is 5.32 Å². The molecule has 5 heteroatoms. The van der Waals surface area contributed by atoms with Crippen molar-refractivity contribution < 1.29 is 17.9 Å². The molecule has 0 saturated heterocycles. The minimum absolute atomic E-state index is 0.243. The number of alkyl halides is 3. The number of hydrogen-bond donors (Lipinski definition) is 1. The molecule has 14 heavy (non-hydrogen) atoms. The Hall–Kier alpha value is -1.65. The summed E-state index contributed by atoms with van der Waals surface area (Å²) in [5.41, 5.74) is 0.648. The van der Waals surface area contributed by atoms with Gasteiger partial charge in [0.15, 0.2) is 0 Å². The zero-order chi connectivity index (χ0) is 10.6. The normalized spacial score (nSPS) is 10.8. The first-order valence-electron chi connectivity index (χ1n) is 3.74. The van der Waals surface area contributed by atoms with Crippen molar-refractivity contribution in [1.82, 2.24) is 0 Å². The van der Waals surface area contributed by atoms with Gasteiger partial charge in [0.1, 0.15) is 5.75 Å². The highest BCUT2D eigenvalue weighted by Gasteiger charge is 2.30. The van der Waals surface area contributed by atoms with Crippen molar-refractivity contribution in [2.24, 2.45) is 0 Å². The Bertz CT molecular complexity index is 305. The zero-order valence-electron chi connectivity index (χ0n) is 7.14. The van der Waals surface area contributed by atoms with E-state index in [4.69, 9.17) is 0 Å². The third-order valence-corrected chi connectivity index (χ3v) is 1.36. The average Bonchev–Trinajstić information content (AvgIpc) is 2.06. The van der Waals surface area contributed by atoms with Crippen molar-refractivity contribution in [2.45, 2.75) is 6.36 Å². The molecule has 0 aromatic heterocycles. The maximum absolute atomic E-state index is 11.7. The average molecular weight is 203 g/mol. The number of nitrogens with one attached hydrogen (secondary N) is 1. The van der Waals surface area contributed by atoms with Gasteiger partial charge in [-0.05, 0) is 30.5 Å². The summed E-state index contributed by atoms with van der Waals surface area (Å²) in [6.45, 7) is 3.42. The highest BCUT2D eigenvalue weighted by molar-refractivity contribution is 5.47. The molecule has 1 rings (SSSR count).